The van der Waals surface area contributed by atoms with Gasteiger partial charge in [0.05, 0.1) is 11.9 Å². The van der Waals surface area contributed by atoms with Crippen molar-refractivity contribution in [3.8, 4) is 0 Å². The molecule has 27 heavy (non-hydrogen) atoms. The molecule has 1 amide bonds. The molecule has 1 aromatic carbocycles. The zero-order chi connectivity index (χ0) is 19.2. The summed E-state index contributed by atoms with van der Waals surface area (Å²) in [6, 6.07) is 8.96. The zero-order valence-corrected chi connectivity index (χ0v) is 14.6. The van der Waals surface area contributed by atoms with Gasteiger partial charge in [-0.05, 0) is 36.0 Å². The molecule has 0 aliphatic heterocycles. The van der Waals surface area contributed by atoms with Crippen molar-refractivity contribution in [3.05, 3.63) is 64.7 Å². The molecule has 0 unspecified atom stereocenters. The number of nitrogens with one attached hydrogen (secondary N) is 4. The maximum Gasteiger partial charge on any atom is 0.261 e. The first kappa shape index (κ1) is 17.9. The Labute approximate surface area is 154 Å². The molecule has 3 aromatic rings. The lowest BCUT2D eigenvalue weighted by Crippen LogP contribution is -2.13. The number of nitrogens with two attached hydrogens (primary N) is 1. The molecule has 0 aliphatic rings. The lowest BCUT2D eigenvalue weighted by Gasteiger charge is -2.05. The minimum atomic E-state index is -0.355. The van der Waals surface area contributed by atoms with Crippen molar-refractivity contribution in [1.29, 1.82) is 0 Å². The van der Waals surface area contributed by atoms with Crippen LogP contribution in [-0.4, -0.2) is 34.0 Å². The van der Waals surface area contributed by atoms with Gasteiger partial charge in [-0.25, -0.2) is 0 Å². The second-order valence-corrected chi connectivity index (χ2v) is 5.72. The van der Waals surface area contributed by atoms with Crippen LogP contribution in [0.5, 0.6) is 0 Å². The molecule has 3 rings (SSSR count). The van der Waals surface area contributed by atoms with Gasteiger partial charge in [-0.1, -0.05) is 12.1 Å². The highest BCUT2D eigenvalue weighted by molar-refractivity contribution is 6.00. The van der Waals surface area contributed by atoms with Crippen LogP contribution in [0.3, 0.4) is 0 Å². The number of carbonyl (C=O) groups is 1. The highest BCUT2D eigenvalue weighted by Crippen LogP contribution is 2.21. The molecule has 0 atom stereocenters. The van der Waals surface area contributed by atoms with Crippen LogP contribution in [0.25, 0.3) is 10.9 Å². The Morgan fingerprint density at radius 3 is 3.04 bits per heavy atom. The van der Waals surface area contributed by atoms with Gasteiger partial charge in [0.25, 0.3) is 11.5 Å². The second-order valence-electron chi connectivity index (χ2n) is 5.72. The number of amides is 1. The lowest BCUT2D eigenvalue weighted by molar-refractivity contribution is -0.117. The Morgan fingerprint density at radius 1 is 1.37 bits per heavy atom. The number of aromatic amines is 2. The Kier molecular flexibility index (Phi) is 5.31. The fraction of sp³-hybridized carbons (Fsp3) is 0.111. The molecular formula is C18H19N7O2. The van der Waals surface area contributed by atoms with Gasteiger partial charge in [0, 0.05) is 18.9 Å². The Balaban J connectivity index is 1.77. The van der Waals surface area contributed by atoms with Gasteiger partial charge in [-0.2, -0.15) is 10.1 Å². The summed E-state index contributed by atoms with van der Waals surface area (Å²) in [5.41, 5.74) is 7.49. The predicted octanol–water partition coefficient (Wildman–Crippen LogP) is 1.15. The number of benzene rings is 1. The van der Waals surface area contributed by atoms with Crippen LogP contribution in [0, 0.1) is 0 Å². The number of carbonyl (C=O) groups excluding carboxylic acids is 1. The maximum absolute atomic E-state index is 12.0. The van der Waals surface area contributed by atoms with Crippen molar-refractivity contribution in [2.24, 2.45) is 10.7 Å². The first-order valence-electron chi connectivity index (χ1n) is 8.19. The zero-order valence-electron chi connectivity index (χ0n) is 14.6. The monoisotopic (exact) mass is 365 g/mol. The van der Waals surface area contributed by atoms with Crippen LogP contribution in [0.15, 0.2) is 58.6 Å². The van der Waals surface area contributed by atoms with Crippen LogP contribution in [-0.2, 0) is 11.2 Å². The third kappa shape index (κ3) is 4.40. The number of nitrogens with zero attached hydrogens (tertiary/aromatic N) is 2. The number of aromatic nitrogens is 3. The fourth-order valence-corrected chi connectivity index (χ4v) is 2.53. The largest absolute Gasteiger partial charge is 0.394 e. The SMILES string of the molecule is CN/C=C\C(N)=NC(=O)Cc1cccc(Nc2n[nH]c3cc[nH]c(=O)c23)c1. The minimum absolute atomic E-state index is 0.103. The lowest BCUT2D eigenvalue weighted by atomic mass is 10.1. The van der Waals surface area contributed by atoms with E-state index in [1.807, 2.05) is 12.1 Å². The second kappa shape index (κ2) is 8.00. The van der Waals surface area contributed by atoms with Gasteiger partial charge in [0.15, 0.2) is 5.82 Å². The standard InChI is InChI=1S/C18H19N7O2/c1-20-7-6-14(19)23-15(26)10-11-3-2-4-12(9-11)22-17-16-13(24-25-17)5-8-21-18(16)27/h2-9,20H,10H2,1H3,(H,21,27)(H2,19,23,26)(H2,22,24,25)/b7-6-. The molecule has 9 heteroatoms. The van der Waals surface area contributed by atoms with Gasteiger partial charge < -0.3 is 21.4 Å². The summed E-state index contributed by atoms with van der Waals surface area (Å²) in [6.07, 6.45) is 4.75. The van der Waals surface area contributed by atoms with E-state index in [1.54, 1.807) is 37.6 Å². The molecule has 6 N–H and O–H groups in total. The maximum atomic E-state index is 12.0. The summed E-state index contributed by atoms with van der Waals surface area (Å²) in [5.74, 6) is 0.188. The van der Waals surface area contributed by atoms with E-state index in [0.29, 0.717) is 22.4 Å². The molecular weight excluding hydrogens is 346 g/mol. The van der Waals surface area contributed by atoms with Crippen LogP contribution in [0.2, 0.25) is 0 Å². The van der Waals surface area contributed by atoms with E-state index in [4.69, 9.17) is 5.73 Å². The first-order valence-corrected chi connectivity index (χ1v) is 8.19. The van der Waals surface area contributed by atoms with Crippen molar-refractivity contribution in [2.75, 3.05) is 12.4 Å². The number of H-pyrrole nitrogens is 2. The van der Waals surface area contributed by atoms with Crippen LogP contribution >= 0.6 is 0 Å². The summed E-state index contributed by atoms with van der Waals surface area (Å²) in [7, 11) is 1.72. The smallest absolute Gasteiger partial charge is 0.261 e. The first-order chi connectivity index (χ1) is 13.1. The van der Waals surface area contributed by atoms with E-state index in [0.717, 1.165) is 5.56 Å². The highest BCUT2D eigenvalue weighted by Gasteiger charge is 2.10. The average Bonchev–Trinajstić information content (AvgIpc) is 3.04. The molecule has 9 nitrogen and oxygen atoms in total. The molecule has 0 radical (unpaired) electrons. The molecule has 138 valence electrons. The van der Waals surface area contributed by atoms with Crippen molar-refractivity contribution < 1.29 is 4.79 Å². The summed E-state index contributed by atoms with van der Waals surface area (Å²) < 4.78 is 0. The van der Waals surface area contributed by atoms with Crippen LogP contribution in [0.4, 0.5) is 11.5 Å². The van der Waals surface area contributed by atoms with Gasteiger partial charge in [0.1, 0.15) is 11.2 Å². The molecule has 0 aliphatic carbocycles. The predicted molar refractivity (Wildman–Crippen MR) is 105 cm³/mol. The molecule has 2 heterocycles. The summed E-state index contributed by atoms with van der Waals surface area (Å²) in [4.78, 5) is 30.5. The van der Waals surface area contributed by atoms with Crippen LogP contribution in [0.1, 0.15) is 5.56 Å². The van der Waals surface area contributed by atoms with E-state index in [9.17, 15) is 9.59 Å². The summed E-state index contributed by atoms with van der Waals surface area (Å²) >= 11 is 0. The van der Waals surface area contributed by atoms with Gasteiger partial charge >= 0.3 is 0 Å². The van der Waals surface area contributed by atoms with E-state index >= 15 is 0 Å². The molecule has 0 saturated carbocycles. The number of amidine groups is 1. The molecule has 0 bridgehead atoms. The number of fused-ring (bicyclic) bond motifs is 1. The summed E-state index contributed by atoms with van der Waals surface area (Å²) in [5, 5.41) is 13.2. The number of anilines is 2. The number of hydrogen-bond donors (Lipinski definition) is 5. The van der Waals surface area contributed by atoms with Crippen molar-refractivity contribution in [1.82, 2.24) is 20.5 Å². The van der Waals surface area contributed by atoms with Crippen LogP contribution < -0.4 is 21.9 Å². The topological polar surface area (TPSA) is 141 Å². The van der Waals surface area contributed by atoms with E-state index < -0.39 is 0 Å². The van der Waals surface area contributed by atoms with E-state index in [-0.39, 0.29) is 23.7 Å². The fourth-order valence-electron chi connectivity index (χ4n) is 2.53. The van der Waals surface area contributed by atoms with Crippen molar-refractivity contribution in [2.45, 2.75) is 6.42 Å². The summed E-state index contributed by atoms with van der Waals surface area (Å²) in [6.45, 7) is 0. The minimum Gasteiger partial charge on any atom is -0.394 e. The Hall–Kier alpha value is -3.88. The molecule has 0 spiro atoms. The normalized spacial score (nSPS) is 11.8. The number of pyridine rings is 1. The number of aliphatic imine (C=N–C) groups is 1. The Bertz CT molecular complexity index is 1080. The van der Waals surface area contributed by atoms with Gasteiger partial charge in [-0.15, -0.1) is 0 Å². The third-order valence-electron chi connectivity index (χ3n) is 3.71. The van der Waals surface area contributed by atoms with E-state index in [1.165, 1.54) is 6.08 Å². The number of hydrogen-bond acceptors (Lipinski definition) is 5. The van der Waals surface area contributed by atoms with E-state index in [2.05, 4.69) is 30.8 Å². The quantitative estimate of drug-likeness (QED) is 0.328. The van der Waals surface area contributed by atoms with Crippen molar-refractivity contribution >= 4 is 34.2 Å². The molecule has 2 aromatic heterocycles. The van der Waals surface area contributed by atoms with Gasteiger partial charge in [-0.3, -0.25) is 14.7 Å². The van der Waals surface area contributed by atoms with Crippen molar-refractivity contribution in [3.63, 3.8) is 0 Å². The molecule has 0 saturated heterocycles. The third-order valence-corrected chi connectivity index (χ3v) is 3.71. The Morgan fingerprint density at radius 2 is 2.22 bits per heavy atom. The van der Waals surface area contributed by atoms with Gasteiger partial charge in [0.2, 0.25) is 0 Å². The molecule has 0 fully saturated rings. The number of rotatable bonds is 6. The average molecular weight is 365 g/mol. The highest BCUT2D eigenvalue weighted by atomic mass is 16.1.